The van der Waals surface area contributed by atoms with Crippen LogP contribution in [-0.4, -0.2) is 24.9 Å². The number of nitrogens with one attached hydrogen (secondary N) is 1. The highest BCUT2D eigenvalue weighted by molar-refractivity contribution is 5.40. The largest absolute Gasteiger partial charge is 0.434 e. The molecular weight excluding hydrogens is 252 g/mol. The summed E-state index contributed by atoms with van der Waals surface area (Å²) < 4.78 is 29.3. The predicted molar refractivity (Wildman–Crippen MR) is 70.4 cm³/mol. The summed E-state index contributed by atoms with van der Waals surface area (Å²) in [6.07, 6.45) is 0.723. The van der Waals surface area contributed by atoms with Crippen LogP contribution < -0.4 is 10.1 Å². The minimum absolute atomic E-state index is 0.160. The van der Waals surface area contributed by atoms with Crippen molar-refractivity contribution in [3.63, 3.8) is 0 Å². The average Bonchev–Trinajstić information content (AvgIpc) is 2.33. The molecule has 0 radical (unpaired) electrons. The molecular formula is C14H21F2NO2. The fraction of sp³-hybridized carbons (Fsp3) is 0.571. The molecule has 0 aliphatic heterocycles. The second-order valence-corrected chi connectivity index (χ2v) is 4.69. The van der Waals surface area contributed by atoms with Crippen molar-refractivity contribution in [2.45, 2.75) is 33.4 Å². The van der Waals surface area contributed by atoms with Gasteiger partial charge >= 0.3 is 6.61 Å². The first-order valence-corrected chi connectivity index (χ1v) is 6.39. The van der Waals surface area contributed by atoms with Gasteiger partial charge in [-0.15, -0.1) is 0 Å². The molecule has 1 rings (SSSR count). The molecule has 0 saturated carbocycles. The Kier molecular flexibility index (Phi) is 6.73. The lowest BCUT2D eigenvalue weighted by atomic mass is 10.1. The number of hydrogen-bond donors (Lipinski definition) is 2. The quantitative estimate of drug-likeness (QED) is 0.765. The number of halogens is 2. The van der Waals surface area contributed by atoms with Crippen LogP contribution >= 0.6 is 0 Å². The van der Waals surface area contributed by atoms with Crippen LogP contribution in [0.4, 0.5) is 8.78 Å². The molecule has 1 aromatic carbocycles. The minimum Gasteiger partial charge on any atom is -0.434 e. The SMILES string of the molecule is Cc1cccc(CNCC(C)CCO)c1OC(F)F. The lowest BCUT2D eigenvalue weighted by Gasteiger charge is -2.15. The number of rotatable bonds is 8. The number of aryl methyl sites for hydroxylation is 1. The van der Waals surface area contributed by atoms with Gasteiger partial charge in [-0.05, 0) is 31.4 Å². The highest BCUT2D eigenvalue weighted by atomic mass is 19.3. The molecule has 0 aliphatic rings. The lowest BCUT2D eigenvalue weighted by Crippen LogP contribution is -2.22. The van der Waals surface area contributed by atoms with Gasteiger partial charge in [0.2, 0.25) is 0 Å². The van der Waals surface area contributed by atoms with E-state index in [2.05, 4.69) is 10.1 Å². The molecule has 0 saturated heterocycles. The number of aliphatic hydroxyl groups excluding tert-OH is 1. The fourth-order valence-corrected chi connectivity index (χ4v) is 1.89. The van der Waals surface area contributed by atoms with Gasteiger partial charge in [-0.25, -0.2) is 0 Å². The molecule has 5 heteroatoms. The van der Waals surface area contributed by atoms with Crippen molar-refractivity contribution in [3.8, 4) is 5.75 Å². The van der Waals surface area contributed by atoms with Gasteiger partial charge in [0, 0.05) is 18.7 Å². The molecule has 1 aromatic rings. The maximum Gasteiger partial charge on any atom is 0.387 e. The number of para-hydroxylation sites is 1. The van der Waals surface area contributed by atoms with Gasteiger partial charge in [-0.3, -0.25) is 0 Å². The predicted octanol–water partition coefficient (Wildman–Crippen LogP) is 2.70. The van der Waals surface area contributed by atoms with E-state index >= 15 is 0 Å². The van der Waals surface area contributed by atoms with Gasteiger partial charge in [0.05, 0.1) is 0 Å². The molecule has 108 valence electrons. The zero-order chi connectivity index (χ0) is 14.3. The first-order chi connectivity index (χ1) is 9.04. The van der Waals surface area contributed by atoms with Crippen LogP contribution in [0, 0.1) is 12.8 Å². The van der Waals surface area contributed by atoms with Gasteiger partial charge in [0.1, 0.15) is 5.75 Å². The summed E-state index contributed by atoms with van der Waals surface area (Å²) in [5, 5.41) is 12.0. The number of ether oxygens (including phenoxy) is 1. The van der Waals surface area contributed by atoms with Crippen LogP contribution in [0.25, 0.3) is 0 Å². The van der Waals surface area contributed by atoms with Crippen molar-refractivity contribution in [1.82, 2.24) is 5.32 Å². The maximum atomic E-state index is 12.4. The zero-order valence-corrected chi connectivity index (χ0v) is 11.3. The summed E-state index contributed by atoms with van der Waals surface area (Å²) in [4.78, 5) is 0. The Labute approximate surface area is 112 Å². The maximum absolute atomic E-state index is 12.4. The summed E-state index contributed by atoms with van der Waals surface area (Å²) in [5.41, 5.74) is 1.42. The molecule has 0 aliphatic carbocycles. The molecule has 2 N–H and O–H groups in total. The van der Waals surface area contributed by atoms with Crippen LogP contribution in [0.5, 0.6) is 5.75 Å². The van der Waals surface area contributed by atoms with Crippen LogP contribution in [0.3, 0.4) is 0 Å². The van der Waals surface area contributed by atoms with Gasteiger partial charge < -0.3 is 15.2 Å². The summed E-state index contributed by atoms with van der Waals surface area (Å²) in [5.74, 6) is 0.592. The molecule has 1 unspecified atom stereocenters. The van der Waals surface area contributed by atoms with E-state index in [0.717, 1.165) is 18.5 Å². The van der Waals surface area contributed by atoms with Gasteiger partial charge in [0.15, 0.2) is 0 Å². The van der Waals surface area contributed by atoms with E-state index in [1.165, 1.54) is 0 Å². The lowest BCUT2D eigenvalue weighted by molar-refractivity contribution is -0.0509. The smallest absolute Gasteiger partial charge is 0.387 e. The number of alkyl halides is 2. The highest BCUT2D eigenvalue weighted by Crippen LogP contribution is 2.25. The molecule has 0 amide bonds. The van der Waals surface area contributed by atoms with Gasteiger partial charge in [0.25, 0.3) is 0 Å². The third-order valence-electron chi connectivity index (χ3n) is 2.93. The summed E-state index contributed by atoms with van der Waals surface area (Å²) in [7, 11) is 0. The minimum atomic E-state index is -2.81. The third kappa shape index (κ3) is 5.53. The Morgan fingerprint density at radius 1 is 1.37 bits per heavy atom. The van der Waals surface area contributed by atoms with Crippen molar-refractivity contribution in [3.05, 3.63) is 29.3 Å². The summed E-state index contributed by atoms with van der Waals surface area (Å²) in [6, 6.07) is 5.34. The van der Waals surface area contributed by atoms with E-state index in [1.54, 1.807) is 19.1 Å². The second-order valence-electron chi connectivity index (χ2n) is 4.69. The Balaban J connectivity index is 2.59. The van der Waals surface area contributed by atoms with Crippen molar-refractivity contribution >= 4 is 0 Å². The molecule has 19 heavy (non-hydrogen) atoms. The van der Waals surface area contributed by atoms with E-state index in [9.17, 15) is 8.78 Å². The topological polar surface area (TPSA) is 41.5 Å². The van der Waals surface area contributed by atoms with Crippen LogP contribution in [0.15, 0.2) is 18.2 Å². The molecule has 1 atom stereocenters. The molecule has 0 spiro atoms. The Bertz CT molecular complexity index is 386. The van der Waals surface area contributed by atoms with E-state index < -0.39 is 6.61 Å². The molecule has 0 aromatic heterocycles. The Morgan fingerprint density at radius 2 is 2.11 bits per heavy atom. The molecule has 3 nitrogen and oxygen atoms in total. The first kappa shape index (κ1) is 15.9. The van der Waals surface area contributed by atoms with E-state index in [4.69, 9.17) is 5.11 Å². The summed E-state index contributed by atoms with van der Waals surface area (Å²) >= 11 is 0. The van der Waals surface area contributed by atoms with Gasteiger partial charge in [-0.1, -0.05) is 25.1 Å². The standard InChI is InChI=1S/C14H21F2NO2/c1-10(6-7-18)8-17-9-12-5-3-4-11(2)13(12)19-14(15)16/h3-5,10,14,17-18H,6-9H2,1-2H3. The average molecular weight is 273 g/mol. The molecule has 0 heterocycles. The zero-order valence-electron chi connectivity index (χ0n) is 11.3. The molecule has 0 fully saturated rings. The van der Waals surface area contributed by atoms with Crippen LogP contribution in [0.2, 0.25) is 0 Å². The van der Waals surface area contributed by atoms with Gasteiger partial charge in [-0.2, -0.15) is 8.78 Å². The van der Waals surface area contributed by atoms with Crippen LogP contribution in [-0.2, 0) is 6.54 Å². The van der Waals surface area contributed by atoms with Crippen molar-refractivity contribution < 1.29 is 18.6 Å². The van der Waals surface area contributed by atoms with E-state index in [-0.39, 0.29) is 12.4 Å². The third-order valence-corrected chi connectivity index (χ3v) is 2.93. The highest BCUT2D eigenvalue weighted by Gasteiger charge is 2.12. The summed E-state index contributed by atoms with van der Waals surface area (Å²) in [6.45, 7) is 2.31. The number of hydrogen-bond acceptors (Lipinski definition) is 3. The fourth-order valence-electron chi connectivity index (χ4n) is 1.89. The normalized spacial score (nSPS) is 12.7. The molecule has 0 bridgehead atoms. The number of aliphatic hydroxyl groups is 1. The van der Waals surface area contributed by atoms with Crippen LogP contribution in [0.1, 0.15) is 24.5 Å². The Hall–Kier alpha value is -1.20. The van der Waals surface area contributed by atoms with E-state index in [1.807, 2.05) is 13.0 Å². The number of benzene rings is 1. The van der Waals surface area contributed by atoms with Crippen molar-refractivity contribution in [2.24, 2.45) is 5.92 Å². The first-order valence-electron chi connectivity index (χ1n) is 6.39. The van der Waals surface area contributed by atoms with Crippen molar-refractivity contribution in [2.75, 3.05) is 13.2 Å². The second kappa shape index (κ2) is 8.07. The van der Waals surface area contributed by atoms with E-state index in [0.29, 0.717) is 18.0 Å². The Morgan fingerprint density at radius 3 is 2.74 bits per heavy atom. The van der Waals surface area contributed by atoms with Crippen molar-refractivity contribution in [1.29, 1.82) is 0 Å². The monoisotopic (exact) mass is 273 g/mol.